The van der Waals surface area contributed by atoms with Gasteiger partial charge in [-0.05, 0) is 123 Å². The van der Waals surface area contributed by atoms with Gasteiger partial charge in [-0.3, -0.25) is 4.90 Å². The van der Waals surface area contributed by atoms with E-state index >= 15 is 0 Å². The van der Waals surface area contributed by atoms with Crippen molar-refractivity contribution in [3.05, 3.63) is 59.9 Å². The van der Waals surface area contributed by atoms with Gasteiger partial charge in [0.25, 0.3) is 0 Å². The number of hydrogen-bond donors (Lipinski definition) is 0. The number of benzene rings is 2. The van der Waals surface area contributed by atoms with Gasteiger partial charge in [-0.15, -0.1) is 0 Å². The van der Waals surface area contributed by atoms with E-state index < -0.39 is 5.60 Å². The normalized spacial score (nSPS) is 24.1. The summed E-state index contributed by atoms with van der Waals surface area (Å²) >= 11 is 0. The van der Waals surface area contributed by atoms with Crippen molar-refractivity contribution in [3.8, 4) is 5.75 Å². The highest BCUT2D eigenvalue weighted by atomic mass is 16.6. The predicted molar refractivity (Wildman–Crippen MR) is 172 cm³/mol. The van der Waals surface area contributed by atoms with Gasteiger partial charge in [0, 0.05) is 36.6 Å². The smallest absolute Gasteiger partial charge is 0.410 e. The number of rotatable bonds is 7. The summed E-state index contributed by atoms with van der Waals surface area (Å²) in [6, 6.07) is 19.1. The summed E-state index contributed by atoms with van der Waals surface area (Å²) in [4.78, 5) is 22.6. The SMILES string of the molecule is Cc1nc2ccccc2n1[C@H]1C[C@H]2CC[C@@H](C1)N2CCC1(c2cccc(OC(C)C)c2)CCN(C(=O)OC(C)(C)C)CC1. The molecule has 1 amide bonds. The number of aromatic nitrogens is 2. The summed E-state index contributed by atoms with van der Waals surface area (Å²) in [5.74, 6) is 2.07. The highest BCUT2D eigenvalue weighted by molar-refractivity contribution is 5.76. The van der Waals surface area contributed by atoms with E-state index in [-0.39, 0.29) is 17.6 Å². The summed E-state index contributed by atoms with van der Waals surface area (Å²) in [5, 5.41) is 0. The number of para-hydroxylation sites is 2. The van der Waals surface area contributed by atoms with E-state index in [4.69, 9.17) is 14.5 Å². The first-order chi connectivity index (χ1) is 20.5. The van der Waals surface area contributed by atoms with Crippen LogP contribution in [0.4, 0.5) is 4.79 Å². The molecule has 3 fully saturated rings. The maximum absolute atomic E-state index is 12.9. The second-order valence-electron chi connectivity index (χ2n) is 14.5. The van der Waals surface area contributed by atoms with Crippen molar-refractivity contribution in [1.29, 1.82) is 0 Å². The molecule has 6 rings (SSSR count). The van der Waals surface area contributed by atoms with Crippen molar-refractivity contribution in [2.24, 2.45) is 0 Å². The Kier molecular flexibility index (Phi) is 8.22. The first-order valence-electron chi connectivity index (χ1n) is 16.5. The summed E-state index contributed by atoms with van der Waals surface area (Å²) in [7, 11) is 0. The van der Waals surface area contributed by atoms with Gasteiger partial charge in [0.15, 0.2) is 0 Å². The molecule has 4 heterocycles. The number of likely N-dealkylation sites (tertiary alicyclic amines) is 1. The van der Waals surface area contributed by atoms with Crippen LogP contribution in [0.15, 0.2) is 48.5 Å². The lowest BCUT2D eigenvalue weighted by Crippen LogP contribution is -2.49. The van der Waals surface area contributed by atoms with Crippen LogP contribution in [0.5, 0.6) is 5.75 Å². The topological polar surface area (TPSA) is 59.8 Å². The Morgan fingerprint density at radius 2 is 1.70 bits per heavy atom. The van der Waals surface area contributed by atoms with Crippen LogP contribution in [0.1, 0.15) is 97.0 Å². The number of ether oxygens (including phenoxy) is 2. The zero-order valence-electron chi connectivity index (χ0n) is 27.0. The van der Waals surface area contributed by atoms with Crippen LogP contribution in [-0.2, 0) is 10.2 Å². The number of carbonyl (C=O) groups excluding carboxylic acids is 1. The summed E-state index contributed by atoms with van der Waals surface area (Å²) in [5.41, 5.74) is 3.25. The van der Waals surface area contributed by atoms with Crippen LogP contribution in [0.2, 0.25) is 0 Å². The quantitative estimate of drug-likeness (QED) is 0.285. The molecule has 3 aromatic rings. The second-order valence-corrected chi connectivity index (χ2v) is 14.5. The molecule has 0 unspecified atom stereocenters. The highest BCUT2D eigenvalue weighted by Gasteiger charge is 2.44. The largest absolute Gasteiger partial charge is 0.491 e. The van der Waals surface area contributed by atoms with E-state index in [2.05, 4.69) is 78.8 Å². The Hall–Kier alpha value is -3.06. The lowest BCUT2D eigenvalue weighted by atomic mass is 9.70. The monoisotopic (exact) mass is 586 g/mol. The molecular formula is C36H50N4O3. The van der Waals surface area contributed by atoms with Gasteiger partial charge >= 0.3 is 6.09 Å². The van der Waals surface area contributed by atoms with Gasteiger partial charge in [-0.25, -0.2) is 9.78 Å². The number of hydrogen-bond acceptors (Lipinski definition) is 5. The molecular weight excluding hydrogens is 536 g/mol. The Morgan fingerprint density at radius 3 is 2.37 bits per heavy atom. The average Bonchev–Trinajstić information content (AvgIpc) is 3.41. The van der Waals surface area contributed by atoms with Crippen molar-refractivity contribution in [2.45, 2.75) is 122 Å². The lowest BCUT2D eigenvalue weighted by molar-refractivity contribution is 0.0143. The zero-order valence-corrected chi connectivity index (χ0v) is 27.0. The van der Waals surface area contributed by atoms with Crippen molar-refractivity contribution < 1.29 is 14.3 Å². The maximum Gasteiger partial charge on any atom is 0.410 e. The van der Waals surface area contributed by atoms with Crippen LogP contribution < -0.4 is 4.74 Å². The number of nitrogens with zero attached hydrogens (tertiary/aromatic N) is 4. The summed E-state index contributed by atoms with van der Waals surface area (Å²) < 4.78 is 14.4. The molecule has 7 nitrogen and oxygen atoms in total. The van der Waals surface area contributed by atoms with E-state index in [1.807, 2.05) is 25.7 Å². The van der Waals surface area contributed by atoms with Crippen molar-refractivity contribution in [1.82, 2.24) is 19.4 Å². The molecule has 0 aliphatic carbocycles. The first-order valence-corrected chi connectivity index (χ1v) is 16.5. The third-order valence-corrected chi connectivity index (χ3v) is 10.0. The number of amides is 1. The van der Waals surface area contributed by atoms with Gasteiger partial charge in [-0.2, -0.15) is 0 Å². The fraction of sp³-hybridized carbons (Fsp3) is 0.611. The van der Waals surface area contributed by atoms with Gasteiger partial charge < -0.3 is 18.9 Å². The fourth-order valence-corrected chi connectivity index (χ4v) is 8.09. The standard InChI is InChI=1S/C36H50N4O3/c1-25(2)42-31-11-9-10-27(22-31)36(16-19-38(20-17-36)34(41)43-35(4,5)6)18-21-39-28-14-15-29(39)24-30(23-28)40-26(3)37-32-12-7-8-13-33(32)40/h7-13,22,25,28-30H,14-21,23-24H2,1-6H3/t28-,29+,30+. The van der Waals surface area contributed by atoms with Crippen LogP contribution in [0, 0.1) is 6.92 Å². The van der Waals surface area contributed by atoms with E-state index in [1.54, 1.807) is 0 Å². The number of piperidine rings is 2. The number of imidazole rings is 1. The number of aryl methyl sites for hydroxylation is 1. The molecule has 43 heavy (non-hydrogen) atoms. The molecule has 3 aliphatic rings. The minimum absolute atomic E-state index is 0.00227. The van der Waals surface area contributed by atoms with E-state index in [0.717, 1.165) is 42.9 Å². The Bertz CT molecular complexity index is 1420. The van der Waals surface area contributed by atoms with Gasteiger partial charge in [0.05, 0.1) is 17.1 Å². The maximum atomic E-state index is 12.9. The van der Waals surface area contributed by atoms with Gasteiger partial charge in [0.1, 0.15) is 17.2 Å². The summed E-state index contributed by atoms with van der Waals surface area (Å²) in [6.45, 7) is 14.7. The predicted octanol–water partition coefficient (Wildman–Crippen LogP) is 7.66. The zero-order chi connectivity index (χ0) is 30.4. The molecule has 1 aromatic heterocycles. The van der Waals surface area contributed by atoms with Crippen LogP contribution >= 0.6 is 0 Å². The van der Waals surface area contributed by atoms with E-state index in [0.29, 0.717) is 31.2 Å². The Balaban J connectivity index is 1.19. The lowest BCUT2D eigenvalue weighted by Gasteiger charge is -2.45. The minimum atomic E-state index is -0.485. The number of carbonyl (C=O) groups is 1. The Morgan fingerprint density at radius 1 is 1.00 bits per heavy atom. The van der Waals surface area contributed by atoms with E-state index in [9.17, 15) is 4.79 Å². The van der Waals surface area contributed by atoms with Crippen molar-refractivity contribution in [3.63, 3.8) is 0 Å². The third kappa shape index (κ3) is 6.29. The highest BCUT2D eigenvalue weighted by Crippen LogP contribution is 2.45. The molecule has 3 atom stereocenters. The number of fused-ring (bicyclic) bond motifs is 3. The molecule has 7 heteroatoms. The van der Waals surface area contributed by atoms with Crippen molar-refractivity contribution in [2.75, 3.05) is 19.6 Å². The molecule has 0 radical (unpaired) electrons. The van der Waals surface area contributed by atoms with Crippen LogP contribution in [0.3, 0.4) is 0 Å². The second kappa shape index (κ2) is 11.8. The minimum Gasteiger partial charge on any atom is -0.491 e. The van der Waals surface area contributed by atoms with E-state index in [1.165, 1.54) is 36.8 Å². The molecule has 232 valence electrons. The molecule has 2 bridgehead atoms. The first kappa shape index (κ1) is 30.0. The Labute approximate surface area is 257 Å². The van der Waals surface area contributed by atoms with Gasteiger partial charge in [-0.1, -0.05) is 24.3 Å². The molecule has 3 saturated heterocycles. The van der Waals surface area contributed by atoms with Gasteiger partial charge in [0.2, 0.25) is 0 Å². The van der Waals surface area contributed by atoms with Crippen LogP contribution in [0.25, 0.3) is 11.0 Å². The molecule has 0 spiro atoms. The molecule has 3 aliphatic heterocycles. The molecule has 2 aromatic carbocycles. The molecule has 0 N–H and O–H groups in total. The van der Waals surface area contributed by atoms with Crippen LogP contribution in [-0.4, -0.2) is 68.9 Å². The molecule has 0 saturated carbocycles. The fourth-order valence-electron chi connectivity index (χ4n) is 8.09. The van der Waals surface area contributed by atoms with Crippen molar-refractivity contribution >= 4 is 17.1 Å². The third-order valence-electron chi connectivity index (χ3n) is 10.0. The summed E-state index contributed by atoms with van der Waals surface area (Å²) in [6.07, 6.45) is 7.84. The average molecular weight is 587 g/mol.